The summed E-state index contributed by atoms with van der Waals surface area (Å²) >= 11 is 0. The van der Waals surface area contributed by atoms with Crippen LogP contribution in [0, 0.1) is 0 Å². The first kappa shape index (κ1) is 14.1. The first-order valence-corrected chi connectivity index (χ1v) is 4.36. The van der Waals surface area contributed by atoms with Crippen molar-refractivity contribution in [2.45, 2.75) is 12.6 Å². The molecule has 0 saturated carbocycles. The Bertz CT molecular complexity index is 472. The predicted octanol–water partition coefficient (Wildman–Crippen LogP) is 2.74. The maximum absolute atomic E-state index is 12.6. The van der Waals surface area contributed by atoms with Crippen molar-refractivity contribution in [3.8, 4) is 5.75 Å². The molecule has 1 aromatic rings. The van der Waals surface area contributed by atoms with Crippen molar-refractivity contribution in [1.29, 1.82) is 0 Å². The van der Waals surface area contributed by atoms with Crippen LogP contribution in [-0.4, -0.2) is 23.2 Å². The van der Waals surface area contributed by atoms with Gasteiger partial charge in [-0.15, -0.1) is 0 Å². The number of nitrogens with zero attached hydrogens (tertiary/aromatic N) is 1. The SMILES string of the molecule is COc1cc(C(=O)O)nc(C(F)(F)F)c1C(F)F. The molecule has 0 unspecified atom stereocenters. The molecular weight excluding hydrogens is 265 g/mol. The number of aromatic nitrogens is 1. The van der Waals surface area contributed by atoms with Crippen LogP contribution in [-0.2, 0) is 6.18 Å². The van der Waals surface area contributed by atoms with E-state index in [1.54, 1.807) is 0 Å². The number of methoxy groups -OCH3 is 1. The number of rotatable bonds is 3. The molecule has 1 rings (SSSR count). The molecule has 100 valence electrons. The highest BCUT2D eigenvalue weighted by Gasteiger charge is 2.40. The molecule has 0 atom stereocenters. The third kappa shape index (κ3) is 2.66. The Kier molecular flexibility index (Phi) is 3.73. The molecule has 9 heteroatoms. The standard InChI is InChI=1S/C9H6F5NO3/c1-18-4-2-3(8(16)17)15-6(9(12,13)14)5(4)7(10)11/h2,7H,1H3,(H,16,17). The fraction of sp³-hybridized carbons (Fsp3) is 0.333. The van der Waals surface area contributed by atoms with E-state index in [0.29, 0.717) is 6.07 Å². The summed E-state index contributed by atoms with van der Waals surface area (Å²) in [6.45, 7) is 0. The van der Waals surface area contributed by atoms with Gasteiger partial charge in [0.1, 0.15) is 5.75 Å². The summed E-state index contributed by atoms with van der Waals surface area (Å²) in [7, 11) is 0.854. The minimum atomic E-state index is -5.20. The molecule has 0 fully saturated rings. The number of pyridine rings is 1. The van der Waals surface area contributed by atoms with Crippen molar-refractivity contribution in [2.24, 2.45) is 0 Å². The van der Waals surface area contributed by atoms with Gasteiger partial charge in [-0.3, -0.25) is 0 Å². The van der Waals surface area contributed by atoms with E-state index in [2.05, 4.69) is 9.72 Å². The fourth-order valence-electron chi connectivity index (χ4n) is 1.24. The number of carbonyl (C=O) groups is 1. The van der Waals surface area contributed by atoms with E-state index in [1.807, 2.05) is 0 Å². The lowest BCUT2D eigenvalue weighted by molar-refractivity contribution is -0.143. The summed E-state index contributed by atoms with van der Waals surface area (Å²) < 4.78 is 67.1. The van der Waals surface area contributed by atoms with Gasteiger partial charge in [0, 0.05) is 6.07 Å². The van der Waals surface area contributed by atoms with E-state index >= 15 is 0 Å². The van der Waals surface area contributed by atoms with E-state index in [-0.39, 0.29) is 0 Å². The summed E-state index contributed by atoms with van der Waals surface area (Å²) in [6.07, 6.45) is -8.70. The van der Waals surface area contributed by atoms with Crippen LogP contribution in [0.25, 0.3) is 0 Å². The van der Waals surface area contributed by atoms with Gasteiger partial charge in [-0.25, -0.2) is 18.6 Å². The van der Waals surface area contributed by atoms with Crippen molar-refractivity contribution >= 4 is 5.97 Å². The van der Waals surface area contributed by atoms with Crippen LogP contribution >= 0.6 is 0 Å². The zero-order valence-electron chi connectivity index (χ0n) is 8.76. The summed E-state index contributed by atoms with van der Waals surface area (Å²) in [5, 5.41) is 8.55. The van der Waals surface area contributed by atoms with E-state index in [1.165, 1.54) is 0 Å². The first-order valence-electron chi connectivity index (χ1n) is 4.36. The van der Waals surface area contributed by atoms with Crippen molar-refractivity contribution in [2.75, 3.05) is 7.11 Å². The Balaban J connectivity index is 3.62. The molecule has 18 heavy (non-hydrogen) atoms. The average Bonchev–Trinajstić information content (AvgIpc) is 2.25. The molecule has 4 nitrogen and oxygen atoms in total. The van der Waals surface area contributed by atoms with Crippen molar-refractivity contribution in [1.82, 2.24) is 4.98 Å². The van der Waals surface area contributed by atoms with Crippen molar-refractivity contribution in [3.05, 3.63) is 23.0 Å². The number of carboxylic acids is 1. The topological polar surface area (TPSA) is 59.4 Å². The lowest BCUT2D eigenvalue weighted by Crippen LogP contribution is -2.16. The molecule has 0 aliphatic carbocycles. The molecule has 0 saturated heterocycles. The normalized spacial score (nSPS) is 11.7. The number of aromatic carboxylic acids is 1. The summed E-state index contributed by atoms with van der Waals surface area (Å²) in [6, 6.07) is 0.513. The average molecular weight is 271 g/mol. The Morgan fingerprint density at radius 1 is 1.44 bits per heavy atom. The molecule has 0 aromatic carbocycles. The van der Waals surface area contributed by atoms with Crippen molar-refractivity contribution < 1.29 is 36.6 Å². The van der Waals surface area contributed by atoms with Crippen LogP contribution < -0.4 is 4.74 Å². The zero-order chi connectivity index (χ0) is 14.1. The van der Waals surface area contributed by atoms with Gasteiger partial charge in [-0.1, -0.05) is 0 Å². The Morgan fingerprint density at radius 2 is 2.00 bits per heavy atom. The maximum atomic E-state index is 12.6. The third-order valence-electron chi connectivity index (χ3n) is 1.95. The lowest BCUT2D eigenvalue weighted by atomic mass is 10.1. The first-order chi connectivity index (χ1) is 8.18. The summed E-state index contributed by atoms with van der Waals surface area (Å²) in [4.78, 5) is 13.2. The number of alkyl halides is 5. The summed E-state index contributed by atoms with van der Waals surface area (Å²) in [5.74, 6) is -2.65. The minimum absolute atomic E-state index is 0.513. The van der Waals surface area contributed by atoms with E-state index in [9.17, 15) is 26.7 Å². The Labute approximate surface area is 97.0 Å². The highest BCUT2D eigenvalue weighted by Crippen LogP contribution is 2.40. The molecule has 0 spiro atoms. The van der Waals surface area contributed by atoms with Crippen LogP contribution in [0.2, 0.25) is 0 Å². The molecule has 1 N–H and O–H groups in total. The number of carboxylic acid groups (broad SMARTS) is 1. The molecule has 0 amide bonds. The van der Waals surface area contributed by atoms with Gasteiger partial charge in [0.2, 0.25) is 0 Å². The van der Waals surface area contributed by atoms with Crippen LogP contribution in [0.4, 0.5) is 22.0 Å². The smallest absolute Gasteiger partial charge is 0.433 e. The molecule has 0 radical (unpaired) electrons. The fourth-order valence-corrected chi connectivity index (χ4v) is 1.24. The highest BCUT2D eigenvalue weighted by molar-refractivity contribution is 5.86. The van der Waals surface area contributed by atoms with Gasteiger partial charge in [-0.05, 0) is 0 Å². The maximum Gasteiger partial charge on any atom is 0.433 e. The van der Waals surface area contributed by atoms with E-state index < -0.39 is 41.3 Å². The van der Waals surface area contributed by atoms with Gasteiger partial charge in [0.15, 0.2) is 11.4 Å². The highest BCUT2D eigenvalue weighted by atomic mass is 19.4. The second kappa shape index (κ2) is 4.75. The lowest BCUT2D eigenvalue weighted by Gasteiger charge is -2.15. The van der Waals surface area contributed by atoms with E-state index in [4.69, 9.17) is 5.11 Å². The van der Waals surface area contributed by atoms with Crippen molar-refractivity contribution in [3.63, 3.8) is 0 Å². The zero-order valence-corrected chi connectivity index (χ0v) is 8.76. The second-order valence-corrected chi connectivity index (χ2v) is 3.08. The minimum Gasteiger partial charge on any atom is -0.496 e. The number of ether oxygens (including phenoxy) is 1. The third-order valence-corrected chi connectivity index (χ3v) is 1.95. The monoisotopic (exact) mass is 271 g/mol. The molecule has 0 aliphatic heterocycles. The summed E-state index contributed by atoms with van der Waals surface area (Å²) in [5.41, 5.74) is -4.46. The quantitative estimate of drug-likeness (QED) is 0.859. The molecular formula is C9H6F5NO3. The second-order valence-electron chi connectivity index (χ2n) is 3.08. The number of hydrogen-bond donors (Lipinski definition) is 1. The largest absolute Gasteiger partial charge is 0.496 e. The molecule has 1 heterocycles. The van der Waals surface area contributed by atoms with Gasteiger partial charge >= 0.3 is 12.1 Å². The molecule has 0 bridgehead atoms. The van der Waals surface area contributed by atoms with Gasteiger partial charge < -0.3 is 9.84 Å². The van der Waals surface area contributed by atoms with Gasteiger partial charge in [0.25, 0.3) is 6.43 Å². The Morgan fingerprint density at radius 3 is 2.33 bits per heavy atom. The number of hydrogen-bond acceptors (Lipinski definition) is 3. The van der Waals surface area contributed by atoms with E-state index in [0.717, 1.165) is 7.11 Å². The van der Waals surface area contributed by atoms with Gasteiger partial charge in [-0.2, -0.15) is 13.2 Å². The van der Waals surface area contributed by atoms with Crippen LogP contribution in [0.3, 0.4) is 0 Å². The molecule has 1 aromatic heterocycles. The van der Waals surface area contributed by atoms with Crippen LogP contribution in [0.1, 0.15) is 28.2 Å². The predicted molar refractivity (Wildman–Crippen MR) is 47.7 cm³/mol. The molecule has 0 aliphatic rings. The number of halogens is 5. The van der Waals surface area contributed by atoms with Crippen LogP contribution in [0.15, 0.2) is 6.07 Å². The van der Waals surface area contributed by atoms with Gasteiger partial charge in [0.05, 0.1) is 12.7 Å². The Hall–Kier alpha value is -1.93. The van der Waals surface area contributed by atoms with Crippen LogP contribution in [0.5, 0.6) is 5.75 Å².